The van der Waals surface area contributed by atoms with Gasteiger partial charge in [0.25, 0.3) is 0 Å². The van der Waals surface area contributed by atoms with Crippen LogP contribution in [0.5, 0.6) is 0 Å². The van der Waals surface area contributed by atoms with E-state index in [1.165, 1.54) is 13.8 Å². The largest absolute Gasteiger partial charge is 0.394 e. The summed E-state index contributed by atoms with van der Waals surface area (Å²) in [5.74, 6) is -1.12. The Morgan fingerprint density at radius 2 is 1.38 bits per heavy atom. The normalized spacial score (nSPS) is 6.75. The van der Waals surface area contributed by atoms with E-state index in [1.54, 1.807) is 0 Å². The molecule has 0 saturated carbocycles. The number of hydrogen-bond acceptors (Lipinski definition) is 3. The molecule has 1 radical (unpaired) electrons. The van der Waals surface area contributed by atoms with Crippen molar-refractivity contribution < 1.29 is 14.3 Å². The van der Waals surface area contributed by atoms with Gasteiger partial charge < -0.3 is 4.74 Å². The molecule has 0 atom stereocenters. The maximum absolute atomic E-state index is 9.81. The summed E-state index contributed by atoms with van der Waals surface area (Å²) in [6.45, 7) is 2.36. The molecule has 0 heterocycles. The summed E-state index contributed by atoms with van der Waals surface area (Å²) < 4.78 is 3.97. The average molecular weight is 109 g/mol. The van der Waals surface area contributed by atoms with Crippen LogP contribution in [0.15, 0.2) is 0 Å². The zero-order valence-electron chi connectivity index (χ0n) is 5.22. The van der Waals surface area contributed by atoms with Gasteiger partial charge in [-0.25, -0.2) is 0 Å². The molecule has 0 saturated heterocycles. The molecule has 41 valence electrons. The average Bonchev–Trinajstić information content (AvgIpc) is 1.27. The van der Waals surface area contributed by atoms with Crippen LogP contribution < -0.4 is 0 Å². The zero-order valence-corrected chi connectivity index (χ0v) is 5.22. The summed E-state index contributed by atoms with van der Waals surface area (Å²) in [4.78, 5) is 19.6. The first kappa shape index (κ1) is 10.7. The van der Waals surface area contributed by atoms with Gasteiger partial charge in [-0.2, -0.15) is 0 Å². The Bertz CT molecular complexity index is 87.5. The second kappa shape index (κ2) is 4.89. The van der Waals surface area contributed by atoms with E-state index >= 15 is 0 Å². The number of carbonyl (C=O) groups excluding carboxylic acids is 2. The fraction of sp³-hybridized carbons (Fsp3) is 0.500. The molecule has 0 rings (SSSR count). The van der Waals surface area contributed by atoms with E-state index in [9.17, 15) is 9.59 Å². The first-order valence-electron chi connectivity index (χ1n) is 1.82. The van der Waals surface area contributed by atoms with Crippen molar-refractivity contribution in [1.29, 1.82) is 0 Å². The van der Waals surface area contributed by atoms with Crippen molar-refractivity contribution >= 4 is 30.8 Å². The molecule has 0 fully saturated rings. The van der Waals surface area contributed by atoms with Gasteiger partial charge >= 0.3 is 11.9 Å². The Morgan fingerprint density at radius 1 is 1.12 bits per heavy atom. The van der Waals surface area contributed by atoms with Gasteiger partial charge in [0.15, 0.2) is 0 Å². The van der Waals surface area contributed by atoms with E-state index < -0.39 is 11.9 Å². The van der Waals surface area contributed by atoms with E-state index in [0.29, 0.717) is 0 Å². The molecule has 0 unspecified atom stereocenters. The summed E-state index contributed by atoms with van der Waals surface area (Å²) in [5.41, 5.74) is 0. The zero-order chi connectivity index (χ0) is 5.86. The molecule has 0 aromatic carbocycles. The summed E-state index contributed by atoms with van der Waals surface area (Å²) in [6, 6.07) is 0. The minimum absolute atomic E-state index is 0. The fourth-order valence-corrected chi connectivity index (χ4v) is 0.202. The molecule has 0 spiro atoms. The van der Waals surface area contributed by atoms with E-state index in [-0.39, 0.29) is 18.9 Å². The van der Waals surface area contributed by atoms with Crippen molar-refractivity contribution in [1.82, 2.24) is 0 Å². The van der Waals surface area contributed by atoms with Gasteiger partial charge in [-0.05, 0) is 0 Å². The predicted molar refractivity (Wildman–Crippen MR) is 28.2 cm³/mol. The molecule has 0 N–H and O–H groups in total. The number of esters is 2. The van der Waals surface area contributed by atoms with Crippen LogP contribution in [0.3, 0.4) is 0 Å². The van der Waals surface area contributed by atoms with Crippen molar-refractivity contribution in [3.05, 3.63) is 0 Å². The molecule has 0 aromatic heterocycles. The smallest absolute Gasteiger partial charge is 0.310 e. The summed E-state index contributed by atoms with van der Waals surface area (Å²) in [6.07, 6.45) is 0. The van der Waals surface area contributed by atoms with Gasteiger partial charge in [0.2, 0.25) is 0 Å². The van der Waals surface area contributed by atoms with E-state index in [0.717, 1.165) is 0 Å². The molecule has 0 aromatic rings. The van der Waals surface area contributed by atoms with Crippen LogP contribution in [0.25, 0.3) is 0 Å². The standard InChI is InChI=1S/C4H6O3.Li/c1-3(5)7-4(2)6;/h1-2H3;. The number of carbonyl (C=O) groups is 2. The fourth-order valence-electron chi connectivity index (χ4n) is 0.202. The van der Waals surface area contributed by atoms with Crippen molar-refractivity contribution in [2.45, 2.75) is 13.8 Å². The third-order valence-corrected chi connectivity index (χ3v) is 0.287. The van der Waals surface area contributed by atoms with E-state index in [4.69, 9.17) is 0 Å². The molecule has 0 aliphatic carbocycles. The summed E-state index contributed by atoms with van der Waals surface area (Å²) in [7, 11) is 0. The molecule has 0 aliphatic heterocycles. The third kappa shape index (κ3) is 9.22. The number of rotatable bonds is 0. The second-order valence-electron chi connectivity index (χ2n) is 1.09. The van der Waals surface area contributed by atoms with Gasteiger partial charge in [-0.15, -0.1) is 0 Å². The quantitative estimate of drug-likeness (QED) is 0.244. The predicted octanol–water partition coefficient (Wildman–Crippen LogP) is -0.285. The van der Waals surface area contributed by atoms with Crippen LogP contribution in [-0.2, 0) is 14.3 Å². The van der Waals surface area contributed by atoms with Crippen LogP contribution in [0.2, 0.25) is 0 Å². The van der Waals surface area contributed by atoms with Crippen LogP contribution in [0.4, 0.5) is 0 Å². The second-order valence-corrected chi connectivity index (χ2v) is 1.09. The van der Waals surface area contributed by atoms with Crippen LogP contribution >= 0.6 is 0 Å². The molecule has 0 aliphatic rings. The van der Waals surface area contributed by atoms with Gasteiger partial charge in [0, 0.05) is 32.7 Å². The molecule has 8 heavy (non-hydrogen) atoms. The Morgan fingerprint density at radius 3 is 1.38 bits per heavy atom. The summed E-state index contributed by atoms with van der Waals surface area (Å²) in [5, 5.41) is 0. The minimum atomic E-state index is -0.562. The van der Waals surface area contributed by atoms with Crippen molar-refractivity contribution in [2.24, 2.45) is 0 Å². The number of ether oxygens (including phenoxy) is 1. The SMILES string of the molecule is CC(=O)OC(C)=O.[Li]. The maximum Gasteiger partial charge on any atom is 0.310 e. The first-order chi connectivity index (χ1) is 3.13. The molecule has 0 bridgehead atoms. The van der Waals surface area contributed by atoms with Crippen LogP contribution in [0.1, 0.15) is 13.8 Å². The van der Waals surface area contributed by atoms with Crippen molar-refractivity contribution in [2.75, 3.05) is 0 Å². The van der Waals surface area contributed by atoms with Gasteiger partial charge in [-0.1, -0.05) is 0 Å². The maximum atomic E-state index is 9.81. The first-order valence-corrected chi connectivity index (χ1v) is 1.82. The Labute approximate surface area is 59.6 Å². The van der Waals surface area contributed by atoms with Crippen LogP contribution in [0, 0.1) is 0 Å². The van der Waals surface area contributed by atoms with E-state index in [1.807, 2.05) is 0 Å². The Hall–Kier alpha value is -0.263. The van der Waals surface area contributed by atoms with Gasteiger partial charge in [0.05, 0.1) is 0 Å². The molecular weight excluding hydrogens is 103 g/mol. The molecular formula is C4H6LiO3. The molecule has 3 nitrogen and oxygen atoms in total. The number of hydrogen-bond donors (Lipinski definition) is 0. The van der Waals surface area contributed by atoms with Crippen molar-refractivity contribution in [3.63, 3.8) is 0 Å². The van der Waals surface area contributed by atoms with Gasteiger partial charge in [-0.3, -0.25) is 9.59 Å². The Balaban J connectivity index is 0. The topological polar surface area (TPSA) is 43.4 Å². The van der Waals surface area contributed by atoms with Crippen molar-refractivity contribution in [3.8, 4) is 0 Å². The summed E-state index contributed by atoms with van der Waals surface area (Å²) >= 11 is 0. The Kier molecular flexibility index (Phi) is 6.52. The molecule has 4 heteroatoms. The van der Waals surface area contributed by atoms with E-state index in [2.05, 4.69) is 4.74 Å². The van der Waals surface area contributed by atoms with Gasteiger partial charge in [0.1, 0.15) is 0 Å². The van der Waals surface area contributed by atoms with Crippen LogP contribution in [-0.4, -0.2) is 30.8 Å². The minimum Gasteiger partial charge on any atom is -0.394 e. The monoisotopic (exact) mass is 109 g/mol. The molecule has 0 amide bonds. The third-order valence-electron chi connectivity index (χ3n) is 0.287.